The van der Waals surface area contributed by atoms with Gasteiger partial charge in [0.15, 0.2) is 12.2 Å². The SMILES string of the molecule is CC(C)CCNC(=O)[C@H](Cc1ccc(O)cc1)NC(=O)[C@@H]1O[C@H]1C(=O)O. The van der Waals surface area contributed by atoms with Crippen LogP contribution in [0.25, 0.3) is 0 Å². The number of nitrogens with one attached hydrogen (secondary N) is 2. The second-order valence-electron chi connectivity index (χ2n) is 6.72. The molecule has 1 fully saturated rings. The first-order valence-electron chi connectivity index (χ1n) is 8.52. The highest BCUT2D eigenvalue weighted by molar-refractivity contribution is 5.95. The van der Waals surface area contributed by atoms with E-state index >= 15 is 0 Å². The van der Waals surface area contributed by atoms with Crippen molar-refractivity contribution in [2.45, 2.75) is 44.9 Å². The van der Waals surface area contributed by atoms with Crippen LogP contribution in [0.2, 0.25) is 0 Å². The van der Waals surface area contributed by atoms with Gasteiger partial charge in [0, 0.05) is 13.0 Å². The number of phenols is 1. The van der Waals surface area contributed by atoms with Crippen LogP contribution in [-0.4, -0.2) is 52.8 Å². The first kappa shape index (κ1) is 19.7. The molecule has 0 saturated carbocycles. The molecule has 4 N–H and O–H groups in total. The molecule has 8 nitrogen and oxygen atoms in total. The number of ether oxygens (including phenoxy) is 1. The number of amides is 2. The molecule has 1 heterocycles. The number of hydrogen-bond donors (Lipinski definition) is 4. The van der Waals surface area contributed by atoms with Crippen molar-refractivity contribution in [1.82, 2.24) is 10.6 Å². The standard InChI is InChI=1S/C18H24N2O6/c1-10(2)7-8-19-16(22)13(9-11-3-5-12(21)6-4-11)20-17(23)14-15(26-14)18(24)25/h3-6,10,13-15,21H,7-9H2,1-2H3,(H,19,22)(H,20,23)(H,24,25)/t13-,14+,15+/m0/s1. The van der Waals surface area contributed by atoms with Gasteiger partial charge in [-0.1, -0.05) is 26.0 Å². The highest BCUT2D eigenvalue weighted by Gasteiger charge is 2.51. The van der Waals surface area contributed by atoms with Crippen LogP contribution in [0.1, 0.15) is 25.8 Å². The van der Waals surface area contributed by atoms with E-state index < -0.39 is 30.1 Å². The molecule has 2 amide bonds. The van der Waals surface area contributed by atoms with Gasteiger partial charge in [0.25, 0.3) is 5.91 Å². The highest BCUT2D eigenvalue weighted by Crippen LogP contribution is 2.22. The summed E-state index contributed by atoms with van der Waals surface area (Å²) in [7, 11) is 0. The Labute approximate surface area is 151 Å². The third-order valence-electron chi connectivity index (χ3n) is 4.02. The minimum atomic E-state index is -1.21. The third kappa shape index (κ3) is 5.73. The Morgan fingerprint density at radius 2 is 1.81 bits per heavy atom. The molecule has 0 radical (unpaired) electrons. The van der Waals surface area contributed by atoms with Gasteiger partial charge in [-0.3, -0.25) is 9.59 Å². The number of aromatic hydroxyl groups is 1. The van der Waals surface area contributed by atoms with E-state index in [0.29, 0.717) is 12.5 Å². The molecular weight excluding hydrogens is 340 g/mol. The molecule has 0 spiro atoms. The Morgan fingerprint density at radius 1 is 1.15 bits per heavy atom. The van der Waals surface area contributed by atoms with E-state index in [0.717, 1.165) is 12.0 Å². The van der Waals surface area contributed by atoms with Gasteiger partial charge in [-0.05, 0) is 30.0 Å². The number of carboxylic acids is 1. The fraction of sp³-hybridized carbons (Fsp3) is 0.500. The molecule has 26 heavy (non-hydrogen) atoms. The smallest absolute Gasteiger partial charge is 0.336 e. The van der Waals surface area contributed by atoms with Crippen LogP contribution < -0.4 is 10.6 Å². The number of rotatable bonds is 9. The highest BCUT2D eigenvalue weighted by atomic mass is 16.6. The zero-order chi connectivity index (χ0) is 19.3. The fourth-order valence-corrected chi connectivity index (χ4v) is 2.44. The lowest BCUT2D eigenvalue weighted by Crippen LogP contribution is -2.49. The van der Waals surface area contributed by atoms with Gasteiger partial charge in [-0.25, -0.2) is 4.79 Å². The van der Waals surface area contributed by atoms with Crippen molar-refractivity contribution in [2.24, 2.45) is 5.92 Å². The molecule has 1 aromatic rings. The molecule has 1 saturated heterocycles. The van der Waals surface area contributed by atoms with Crippen LogP contribution in [0.5, 0.6) is 5.75 Å². The molecule has 1 aromatic carbocycles. The molecule has 0 bridgehead atoms. The van der Waals surface area contributed by atoms with Crippen molar-refractivity contribution in [1.29, 1.82) is 0 Å². The first-order chi connectivity index (χ1) is 12.3. The number of epoxide rings is 1. The normalized spacial score (nSPS) is 19.7. The Balaban J connectivity index is 2.00. The van der Waals surface area contributed by atoms with Crippen LogP contribution in [0, 0.1) is 5.92 Å². The second kappa shape index (κ2) is 8.66. The van der Waals surface area contributed by atoms with Crippen LogP contribution in [0.15, 0.2) is 24.3 Å². The van der Waals surface area contributed by atoms with E-state index in [1.165, 1.54) is 12.1 Å². The van der Waals surface area contributed by atoms with E-state index in [1.54, 1.807) is 12.1 Å². The van der Waals surface area contributed by atoms with Crippen LogP contribution in [0.3, 0.4) is 0 Å². The monoisotopic (exact) mass is 364 g/mol. The summed E-state index contributed by atoms with van der Waals surface area (Å²) < 4.78 is 4.82. The van der Waals surface area contributed by atoms with Crippen LogP contribution in [-0.2, 0) is 25.5 Å². The maximum absolute atomic E-state index is 12.5. The number of phenolic OH excluding ortho intramolecular Hbond substituents is 1. The van der Waals surface area contributed by atoms with Crippen molar-refractivity contribution in [3.63, 3.8) is 0 Å². The van der Waals surface area contributed by atoms with Crippen molar-refractivity contribution >= 4 is 17.8 Å². The van der Waals surface area contributed by atoms with Crippen molar-refractivity contribution in [3.8, 4) is 5.75 Å². The third-order valence-corrected chi connectivity index (χ3v) is 4.02. The fourth-order valence-electron chi connectivity index (χ4n) is 2.44. The first-order valence-corrected chi connectivity index (χ1v) is 8.52. The number of carbonyl (C=O) groups excluding carboxylic acids is 2. The van der Waals surface area contributed by atoms with E-state index in [9.17, 15) is 19.5 Å². The molecule has 1 aliphatic heterocycles. The Hall–Kier alpha value is -2.61. The lowest BCUT2D eigenvalue weighted by atomic mass is 10.0. The lowest BCUT2D eigenvalue weighted by Gasteiger charge is -2.19. The summed E-state index contributed by atoms with van der Waals surface area (Å²) in [5.74, 6) is -1.65. The summed E-state index contributed by atoms with van der Waals surface area (Å²) in [4.78, 5) is 35.4. The quantitative estimate of drug-likeness (QED) is 0.471. The van der Waals surface area contributed by atoms with Gasteiger partial charge in [-0.15, -0.1) is 0 Å². The summed E-state index contributed by atoms with van der Waals surface area (Å²) in [6.07, 6.45) is -1.21. The minimum Gasteiger partial charge on any atom is -0.508 e. The number of carbonyl (C=O) groups is 3. The van der Waals surface area contributed by atoms with Crippen molar-refractivity contribution < 1.29 is 29.3 Å². The van der Waals surface area contributed by atoms with Crippen LogP contribution in [0.4, 0.5) is 0 Å². The molecule has 1 aliphatic rings. The molecule has 142 valence electrons. The van der Waals surface area contributed by atoms with E-state index in [4.69, 9.17) is 9.84 Å². The van der Waals surface area contributed by atoms with E-state index in [2.05, 4.69) is 10.6 Å². The van der Waals surface area contributed by atoms with Gasteiger partial charge in [0.1, 0.15) is 11.8 Å². The number of aliphatic carboxylic acids is 1. The summed E-state index contributed by atoms with van der Waals surface area (Å²) in [5, 5.41) is 23.5. The summed E-state index contributed by atoms with van der Waals surface area (Å²) >= 11 is 0. The largest absolute Gasteiger partial charge is 0.508 e. The number of carboxylic acid groups (broad SMARTS) is 1. The topological polar surface area (TPSA) is 128 Å². The molecule has 8 heteroatoms. The van der Waals surface area contributed by atoms with Crippen LogP contribution >= 0.6 is 0 Å². The van der Waals surface area contributed by atoms with Gasteiger partial charge in [0.05, 0.1) is 0 Å². The zero-order valence-corrected chi connectivity index (χ0v) is 14.8. The van der Waals surface area contributed by atoms with Gasteiger partial charge in [-0.2, -0.15) is 0 Å². The second-order valence-corrected chi connectivity index (χ2v) is 6.72. The Kier molecular flexibility index (Phi) is 6.57. The Bertz CT molecular complexity index is 658. The maximum atomic E-state index is 12.5. The Morgan fingerprint density at radius 3 is 2.35 bits per heavy atom. The molecule has 2 rings (SSSR count). The maximum Gasteiger partial charge on any atom is 0.336 e. The molecule has 0 aromatic heterocycles. The predicted molar refractivity (Wildman–Crippen MR) is 92.5 cm³/mol. The molecular formula is C18H24N2O6. The average Bonchev–Trinajstić information content (AvgIpc) is 3.36. The van der Waals surface area contributed by atoms with Crippen molar-refractivity contribution in [2.75, 3.05) is 6.54 Å². The number of hydrogen-bond acceptors (Lipinski definition) is 5. The van der Waals surface area contributed by atoms with Gasteiger partial charge < -0.3 is 25.6 Å². The summed E-state index contributed by atoms with van der Waals surface area (Å²) in [5.41, 5.74) is 0.749. The minimum absolute atomic E-state index is 0.103. The number of benzene rings is 1. The molecule has 0 unspecified atom stereocenters. The van der Waals surface area contributed by atoms with Gasteiger partial charge >= 0.3 is 5.97 Å². The van der Waals surface area contributed by atoms with E-state index in [1.807, 2.05) is 13.8 Å². The average molecular weight is 364 g/mol. The van der Waals surface area contributed by atoms with Gasteiger partial charge in [0.2, 0.25) is 5.91 Å². The van der Waals surface area contributed by atoms with E-state index in [-0.39, 0.29) is 18.1 Å². The molecule has 0 aliphatic carbocycles. The molecule has 3 atom stereocenters. The lowest BCUT2D eigenvalue weighted by molar-refractivity contribution is -0.138. The summed E-state index contributed by atoms with van der Waals surface area (Å²) in [6.45, 7) is 4.56. The zero-order valence-electron chi connectivity index (χ0n) is 14.8. The predicted octanol–water partition coefficient (Wildman–Crippen LogP) is 0.434. The van der Waals surface area contributed by atoms with Crippen molar-refractivity contribution in [3.05, 3.63) is 29.8 Å². The summed E-state index contributed by atoms with van der Waals surface area (Å²) in [6, 6.07) is 5.44.